The largest absolute Gasteiger partial charge is 0.486 e. The zero-order chi connectivity index (χ0) is 15.5. The molecule has 1 N–H and O–H groups in total. The Bertz CT molecular complexity index is 523. The van der Waals surface area contributed by atoms with Crippen molar-refractivity contribution in [1.82, 2.24) is 14.7 Å². The van der Waals surface area contributed by atoms with Gasteiger partial charge in [-0.1, -0.05) is 6.42 Å². The van der Waals surface area contributed by atoms with Crippen LogP contribution in [0.15, 0.2) is 6.20 Å². The molecule has 2 aliphatic rings. The Morgan fingerprint density at radius 2 is 1.95 bits per heavy atom. The number of rotatable bonds is 4. The van der Waals surface area contributed by atoms with E-state index in [0.717, 1.165) is 51.5 Å². The molecule has 22 heavy (non-hydrogen) atoms. The van der Waals surface area contributed by atoms with Crippen LogP contribution in [0.1, 0.15) is 68.0 Å². The Labute approximate surface area is 131 Å². The van der Waals surface area contributed by atoms with Gasteiger partial charge >= 0.3 is 5.97 Å². The molecule has 6 heteroatoms. The molecule has 122 valence electrons. The number of aromatic carboxylic acids is 1. The van der Waals surface area contributed by atoms with Crippen LogP contribution in [0.2, 0.25) is 0 Å². The molecule has 1 unspecified atom stereocenters. The summed E-state index contributed by atoms with van der Waals surface area (Å²) in [5.41, 5.74) is 0.198. The van der Waals surface area contributed by atoms with Crippen molar-refractivity contribution in [2.45, 2.75) is 63.6 Å². The highest BCUT2D eigenvalue weighted by Crippen LogP contribution is 2.31. The van der Waals surface area contributed by atoms with Crippen LogP contribution in [-0.2, 0) is 0 Å². The number of hydrogen-bond donors (Lipinski definition) is 1. The smallest absolute Gasteiger partial charge is 0.358 e. The van der Waals surface area contributed by atoms with Crippen molar-refractivity contribution in [3.63, 3.8) is 0 Å². The monoisotopic (exact) mass is 307 g/mol. The van der Waals surface area contributed by atoms with E-state index in [-0.39, 0.29) is 18.0 Å². The molecule has 1 saturated carbocycles. The van der Waals surface area contributed by atoms with E-state index in [0.29, 0.717) is 5.75 Å². The molecular formula is C16H25N3O3. The van der Waals surface area contributed by atoms with Gasteiger partial charge < -0.3 is 9.84 Å². The topological polar surface area (TPSA) is 67.6 Å². The molecule has 1 aromatic heterocycles. The molecule has 6 nitrogen and oxygen atoms in total. The fourth-order valence-corrected chi connectivity index (χ4v) is 3.59. The fraction of sp³-hybridized carbons (Fsp3) is 0.750. The number of carbonyl (C=O) groups is 1. The summed E-state index contributed by atoms with van der Waals surface area (Å²) in [6.07, 6.45) is 10.5. The molecule has 0 radical (unpaired) electrons. The maximum Gasteiger partial charge on any atom is 0.358 e. The first-order chi connectivity index (χ1) is 10.7. The van der Waals surface area contributed by atoms with E-state index in [1.54, 1.807) is 10.9 Å². The summed E-state index contributed by atoms with van der Waals surface area (Å²) < 4.78 is 7.61. The number of aromatic nitrogens is 2. The molecule has 1 aromatic rings. The third-order valence-electron chi connectivity index (χ3n) is 4.82. The van der Waals surface area contributed by atoms with Gasteiger partial charge in [-0.3, -0.25) is 4.90 Å². The Hall–Kier alpha value is -1.56. The SMILES string of the molecule is CN1CCCCC1n1ncc(OC2CCCCC2)c1C(=O)O. The zero-order valence-electron chi connectivity index (χ0n) is 13.2. The van der Waals surface area contributed by atoms with E-state index < -0.39 is 5.97 Å². The lowest BCUT2D eigenvalue weighted by atomic mass is 9.98. The molecule has 0 bridgehead atoms. The molecule has 3 rings (SSSR count). The molecule has 2 fully saturated rings. The first-order valence-electron chi connectivity index (χ1n) is 8.34. The van der Waals surface area contributed by atoms with Crippen LogP contribution >= 0.6 is 0 Å². The molecule has 0 amide bonds. The number of hydrogen-bond acceptors (Lipinski definition) is 4. The number of piperidine rings is 1. The zero-order valence-corrected chi connectivity index (χ0v) is 13.2. The second-order valence-corrected chi connectivity index (χ2v) is 6.44. The molecule has 1 aliphatic heterocycles. The third-order valence-corrected chi connectivity index (χ3v) is 4.82. The predicted molar refractivity (Wildman–Crippen MR) is 82.2 cm³/mol. The second-order valence-electron chi connectivity index (χ2n) is 6.44. The van der Waals surface area contributed by atoms with E-state index >= 15 is 0 Å². The molecule has 0 aromatic carbocycles. The van der Waals surface area contributed by atoms with Crippen molar-refractivity contribution in [1.29, 1.82) is 0 Å². The van der Waals surface area contributed by atoms with Gasteiger partial charge in [0.2, 0.25) is 0 Å². The Morgan fingerprint density at radius 1 is 1.23 bits per heavy atom. The van der Waals surface area contributed by atoms with Crippen LogP contribution in [0.3, 0.4) is 0 Å². The van der Waals surface area contributed by atoms with Gasteiger partial charge in [0.25, 0.3) is 0 Å². The Kier molecular flexibility index (Phi) is 4.66. The lowest BCUT2D eigenvalue weighted by molar-refractivity contribution is 0.0629. The molecular weight excluding hydrogens is 282 g/mol. The summed E-state index contributed by atoms with van der Waals surface area (Å²) in [7, 11) is 2.03. The summed E-state index contributed by atoms with van der Waals surface area (Å²) in [5, 5.41) is 14.0. The second kappa shape index (κ2) is 6.69. The number of carboxylic acid groups (broad SMARTS) is 1. The van der Waals surface area contributed by atoms with Gasteiger partial charge in [0.05, 0.1) is 12.3 Å². The van der Waals surface area contributed by atoms with Gasteiger partial charge in [-0.25, -0.2) is 9.48 Å². The lowest BCUT2D eigenvalue weighted by Crippen LogP contribution is -2.35. The fourth-order valence-electron chi connectivity index (χ4n) is 3.59. The Morgan fingerprint density at radius 3 is 2.64 bits per heavy atom. The molecule has 1 aliphatic carbocycles. The van der Waals surface area contributed by atoms with Crippen molar-refractivity contribution in [3.05, 3.63) is 11.9 Å². The minimum absolute atomic E-state index is 0.0172. The van der Waals surface area contributed by atoms with Crippen LogP contribution in [-0.4, -0.2) is 45.5 Å². The van der Waals surface area contributed by atoms with Gasteiger partial charge in [0.1, 0.15) is 6.17 Å². The van der Waals surface area contributed by atoms with E-state index in [1.807, 2.05) is 7.05 Å². The van der Waals surface area contributed by atoms with Gasteiger partial charge in [-0.2, -0.15) is 5.10 Å². The van der Waals surface area contributed by atoms with Crippen LogP contribution in [0.4, 0.5) is 0 Å². The summed E-state index contributed by atoms with van der Waals surface area (Å²) in [6.45, 7) is 0.975. The van der Waals surface area contributed by atoms with Gasteiger partial charge in [-0.15, -0.1) is 0 Å². The first-order valence-corrected chi connectivity index (χ1v) is 8.34. The minimum Gasteiger partial charge on any atom is -0.486 e. The number of nitrogens with zero attached hydrogens (tertiary/aromatic N) is 3. The normalized spacial score (nSPS) is 24.3. The van der Waals surface area contributed by atoms with E-state index in [2.05, 4.69) is 10.00 Å². The number of likely N-dealkylation sites (tertiary alicyclic amines) is 1. The van der Waals surface area contributed by atoms with Crippen molar-refractivity contribution in [2.75, 3.05) is 13.6 Å². The standard InChI is InChI=1S/C16H25N3O3/c1-18-10-6-5-9-14(18)19-15(16(20)21)13(11-17-19)22-12-7-3-2-4-8-12/h11-12,14H,2-10H2,1H3,(H,20,21). The Balaban J connectivity index is 1.83. The van der Waals surface area contributed by atoms with Crippen LogP contribution in [0.5, 0.6) is 5.75 Å². The van der Waals surface area contributed by atoms with Crippen LogP contribution in [0.25, 0.3) is 0 Å². The van der Waals surface area contributed by atoms with E-state index in [1.165, 1.54) is 6.42 Å². The average Bonchev–Trinajstić information content (AvgIpc) is 2.92. The quantitative estimate of drug-likeness (QED) is 0.926. The van der Waals surface area contributed by atoms with Crippen molar-refractivity contribution in [3.8, 4) is 5.75 Å². The van der Waals surface area contributed by atoms with Crippen molar-refractivity contribution < 1.29 is 14.6 Å². The van der Waals surface area contributed by atoms with Gasteiger partial charge in [-0.05, 0) is 58.5 Å². The first kappa shape index (κ1) is 15.3. The lowest BCUT2D eigenvalue weighted by Gasteiger charge is -2.33. The van der Waals surface area contributed by atoms with E-state index in [4.69, 9.17) is 4.74 Å². The summed E-state index contributed by atoms with van der Waals surface area (Å²) >= 11 is 0. The molecule has 2 heterocycles. The average molecular weight is 307 g/mol. The van der Waals surface area contributed by atoms with Crippen LogP contribution < -0.4 is 4.74 Å². The highest BCUT2D eigenvalue weighted by molar-refractivity contribution is 5.88. The molecule has 1 atom stereocenters. The maximum absolute atomic E-state index is 11.7. The molecule has 0 spiro atoms. The maximum atomic E-state index is 11.7. The summed E-state index contributed by atoms with van der Waals surface area (Å²) in [5.74, 6) is -0.527. The van der Waals surface area contributed by atoms with Gasteiger partial charge in [0.15, 0.2) is 11.4 Å². The summed E-state index contributed by atoms with van der Waals surface area (Å²) in [6, 6.07) is 0. The van der Waals surface area contributed by atoms with E-state index in [9.17, 15) is 9.90 Å². The highest BCUT2D eigenvalue weighted by Gasteiger charge is 2.29. The number of carboxylic acids is 1. The number of ether oxygens (including phenoxy) is 1. The molecule has 1 saturated heterocycles. The van der Waals surface area contributed by atoms with Gasteiger partial charge in [0, 0.05) is 0 Å². The van der Waals surface area contributed by atoms with Crippen LogP contribution in [0, 0.1) is 0 Å². The van der Waals surface area contributed by atoms with Crippen molar-refractivity contribution in [2.24, 2.45) is 0 Å². The minimum atomic E-state index is -0.956. The summed E-state index contributed by atoms with van der Waals surface area (Å²) in [4.78, 5) is 13.9. The highest BCUT2D eigenvalue weighted by atomic mass is 16.5. The van der Waals surface area contributed by atoms with Crippen molar-refractivity contribution >= 4 is 5.97 Å². The predicted octanol–water partition coefficient (Wildman–Crippen LogP) is 2.91. The third kappa shape index (κ3) is 3.11.